The van der Waals surface area contributed by atoms with E-state index in [0.29, 0.717) is 16.6 Å². The lowest BCUT2D eigenvalue weighted by Crippen LogP contribution is -2.27. The number of anilines is 1. The number of nitrogens with one attached hydrogen (secondary N) is 1. The van der Waals surface area contributed by atoms with Crippen molar-refractivity contribution in [1.82, 2.24) is 0 Å². The van der Waals surface area contributed by atoms with Crippen molar-refractivity contribution in [2.75, 3.05) is 5.32 Å². The van der Waals surface area contributed by atoms with E-state index in [1.807, 2.05) is 6.92 Å². The van der Waals surface area contributed by atoms with E-state index in [9.17, 15) is 13.2 Å². The SMILES string of the molecule is CC1CCC(C(=O)Nc2ccc(S(=O)(=O)Cl)cc2Br)O1. The Bertz CT molecular complexity index is 634. The Labute approximate surface area is 130 Å². The van der Waals surface area contributed by atoms with Crippen molar-refractivity contribution in [3.8, 4) is 0 Å². The molecule has 8 heteroatoms. The molecule has 0 radical (unpaired) electrons. The van der Waals surface area contributed by atoms with Crippen molar-refractivity contribution in [3.63, 3.8) is 0 Å². The number of hydrogen-bond acceptors (Lipinski definition) is 4. The Morgan fingerprint density at radius 2 is 2.15 bits per heavy atom. The van der Waals surface area contributed by atoms with Gasteiger partial charge < -0.3 is 10.1 Å². The van der Waals surface area contributed by atoms with E-state index in [1.165, 1.54) is 18.2 Å². The highest BCUT2D eigenvalue weighted by Crippen LogP contribution is 2.28. The van der Waals surface area contributed by atoms with Crippen LogP contribution >= 0.6 is 26.6 Å². The molecule has 1 aromatic carbocycles. The number of rotatable bonds is 3. The Morgan fingerprint density at radius 3 is 2.65 bits per heavy atom. The summed E-state index contributed by atoms with van der Waals surface area (Å²) in [7, 11) is 1.46. The monoisotopic (exact) mass is 381 g/mol. The van der Waals surface area contributed by atoms with Crippen LogP contribution in [0, 0.1) is 0 Å². The first-order chi connectivity index (χ1) is 9.27. The number of carbonyl (C=O) groups is 1. The van der Waals surface area contributed by atoms with Crippen LogP contribution in [0.4, 0.5) is 5.69 Å². The number of benzene rings is 1. The van der Waals surface area contributed by atoms with E-state index in [2.05, 4.69) is 21.2 Å². The average Bonchev–Trinajstić information content (AvgIpc) is 2.77. The maximum Gasteiger partial charge on any atom is 0.261 e. The third-order valence-electron chi connectivity index (χ3n) is 3.00. The average molecular weight is 383 g/mol. The van der Waals surface area contributed by atoms with Gasteiger partial charge in [0.2, 0.25) is 0 Å². The van der Waals surface area contributed by atoms with Gasteiger partial charge in [-0.25, -0.2) is 8.42 Å². The van der Waals surface area contributed by atoms with Gasteiger partial charge >= 0.3 is 0 Å². The van der Waals surface area contributed by atoms with Crippen molar-refractivity contribution in [2.24, 2.45) is 0 Å². The summed E-state index contributed by atoms with van der Waals surface area (Å²) in [6.07, 6.45) is 1.15. The molecule has 0 bridgehead atoms. The fourth-order valence-electron chi connectivity index (χ4n) is 1.96. The zero-order chi connectivity index (χ0) is 14.9. The summed E-state index contributed by atoms with van der Waals surface area (Å²) < 4.78 is 28.3. The Morgan fingerprint density at radius 1 is 1.45 bits per heavy atom. The van der Waals surface area contributed by atoms with Crippen LogP contribution in [0.5, 0.6) is 0 Å². The maximum absolute atomic E-state index is 12.0. The molecular formula is C12H13BrClNO4S. The topological polar surface area (TPSA) is 72.5 Å². The van der Waals surface area contributed by atoms with E-state index in [0.717, 1.165) is 6.42 Å². The normalized spacial score (nSPS) is 22.8. The highest BCUT2D eigenvalue weighted by molar-refractivity contribution is 9.10. The molecule has 0 aromatic heterocycles. The Kier molecular flexibility index (Phi) is 4.73. The van der Waals surface area contributed by atoms with Crippen LogP contribution in [-0.2, 0) is 18.6 Å². The molecule has 0 spiro atoms. The van der Waals surface area contributed by atoms with Gasteiger partial charge in [-0.15, -0.1) is 0 Å². The fourth-order valence-corrected chi connectivity index (χ4v) is 3.36. The molecule has 2 unspecified atom stereocenters. The molecule has 2 rings (SSSR count). The number of halogens is 2. The highest BCUT2D eigenvalue weighted by Gasteiger charge is 2.28. The van der Waals surface area contributed by atoms with Crippen LogP contribution in [-0.4, -0.2) is 26.5 Å². The largest absolute Gasteiger partial charge is 0.365 e. The van der Waals surface area contributed by atoms with Crippen LogP contribution in [0.1, 0.15) is 19.8 Å². The predicted octanol–water partition coefficient (Wildman–Crippen LogP) is 2.88. The van der Waals surface area contributed by atoms with E-state index in [1.54, 1.807) is 0 Å². The van der Waals surface area contributed by atoms with Crippen molar-refractivity contribution < 1.29 is 17.9 Å². The second kappa shape index (κ2) is 6.01. The molecule has 1 heterocycles. The maximum atomic E-state index is 12.0. The third-order valence-corrected chi connectivity index (χ3v) is 5.01. The van der Waals surface area contributed by atoms with E-state index in [-0.39, 0.29) is 16.9 Å². The summed E-state index contributed by atoms with van der Waals surface area (Å²) in [5.41, 5.74) is 0.474. The van der Waals surface area contributed by atoms with Gasteiger partial charge in [-0.1, -0.05) is 0 Å². The minimum Gasteiger partial charge on any atom is -0.365 e. The lowest BCUT2D eigenvalue weighted by molar-refractivity contribution is -0.126. The lowest BCUT2D eigenvalue weighted by atomic mass is 10.2. The Balaban J connectivity index is 2.12. The smallest absolute Gasteiger partial charge is 0.261 e. The predicted molar refractivity (Wildman–Crippen MR) is 79.4 cm³/mol. The summed E-state index contributed by atoms with van der Waals surface area (Å²) in [6.45, 7) is 1.92. The van der Waals surface area contributed by atoms with Gasteiger partial charge in [0.25, 0.3) is 15.0 Å². The standard InChI is InChI=1S/C12H13BrClNO4S/c1-7-2-5-11(19-7)12(16)15-10-4-3-8(6-9(10)13)20(14,17)18/h3-4,6-7,11H,2,5H2,1H3,(H,15,16). The van der Waals surface area contributed by atoms with E-state index < -0.39 is 15.2 Å². The quantitative estimate of drug-likeness (QED) is 0.816. The molecule has 1 fully saturated rings. The summed E-state index contributed by atoms with van der Waals surface area (Å²) in [4.78, 5) is 12.0. The second-order valence-electron chi connectivity index (χ2n) is 4.58. The number of hydrogen-bond donors (Lipinski definition) is 1. The molecule has 1 N–H and O–H groups in total. The number of carbonyl (C=O) groups excluding carboxylic acids is 1. The summed E-state index contributed by atoms with van der Waals surface area (Å²) >= 11 is 3.21. The summed E-state index contributed by atoms with van der Waals surface area (Å²) in [5.74, 6) is -0.239. The molecule has 2 atom stereocenters. The zero-order valence-electron chi connectivity index (χ0n) is 10.6. The molecular weight excluding hydrogens is 370 g/mol. The number of ether oxygens (including phenoxy) is 1. The molecule has 1 amide bonds. The second-order valence-corrected chi connectivity index (χ2v) is 8.00. The molecule has 5 nitrogen and oxygen atoms in total. The van der Waals surface area contributed by atoms with Crippen molar-refractivity contribution in [1.29, 1.82) is 0 Å². The first-order valence-corrected chi connectivity index (χ1v) is 9.08. The van der Waals surface area contributed by atoms with Gasteiger partial charge in [0, 0.05) is 15.2 Å². The van der Waals surface area contributed by atoms with Gasteiger partial charge in [-0.2, -0.15) is 0 Å². The van der Waals surface area contributed by atoms with Crippen LogP contribution in [0.25, 0.3) is 0 Å². The molecule has 0 saturated carbocycles. The molecule has 1 aliphatic heterocycles. The Hall–Kier alpha value is -0.630. The van der Waals surface area contributed by atoms with Gasteiger partial charge in [-0.05, 0) is 53.9 Å². The summed E-state index contributed by atoms with van der Waals surface area (Å²) in [6, 6.07) is 4.16. The fraction of sp³-hybridized carbons (Fsp3) is 0.417. The van der Waals surface area contributed by atoms with Gasteiger partial charge in [0.15, 0.2) is 0 Å². The van der Waals surface area contributed by atoms with Gasteiger partial charge in [-0.3, -0.25) is 4.79 Å². The molecule has 1 aliphatic rings. The van der Waals surface area contributed by atoms with E-state index in [4.69, 9.17) is 15.4 Å². The zero-order valence-corrected chi connectivity index (χ0v) is 13.8. The van der Waals surface area contributed by atoms with Crippen LogP contribution < -0.4 is 5.32 Å². The van der Waals surface area contributed by atoms with Gasteiger partial charge in [0.05, 0.1) is 16.7 Å². The molecule has 1 aromatic rings. The molecule has 20 heavy (non-hydrogen) atoms. The first-order valence-electron chi connectivity index (χ1n) is 5.98. The molecule has 0 aliphatic carbocycles. The van der Waals surface area contributed by atoms with Crippen molar-refractivity contribution in [2.45, 2.75) is 36.9 Å². The first kappa shape index (κ1) is 15.8. The van der Waals surface area contributed by atoms with Crippen LogP contribution in [0.15, 0.2) is 27.6 Å². The van der Waals surface area contributed by atoms with Crippen molar-refractivity contribution in [3.05, 3.63) is 22.7 Å². The summed E-state index contributed by atoms with van der Waals surface area (Å²) in [5, 5.41) is 2.70. The minimum absolute atomic E-state index is 0.0326. The van der Waals surface area contributed by atoms with Crippen LogP contribution in [0.2, 0.25) is 0 Å². The molecule has 110 valence electrons. The highest BCUT2D eigenvalue weighted by atomic mass is 79.9. The third kappa shape index (κ3) is 3.72. The molecule has 1 saturated heterocycles. The lowest BCUT2D eigenvalue weighted by Gasteiger charge is -2.13. The van der Waals surface area contributed by atoms with E-state index >= 15 is 0 Å². The minimum atomic E-state index is -3.79. The van der Waals surface area contributed by atoms with Crippen molar-refractivity contribution >= 4 is 47.3 Å². The van der Waals surface area contributed by atoms with Gasteiger partial charge in [0.1, 0.15) is 6.10 Å². The number of amides is 1. The van der Waals surface area contributed by atoms with Crippen LogP contribution in [0.3, 0.4) is 0 Å².